The van der Waals surface area contributed by atoms with E-state index in [1.54, 1.807) is 6.07 Å². The van der Waals surface area contributed by atoms with Gasteiger partial charge >= 0.3 is 0 Å². The van der Waals surface area contributed by atoms with Gasteiger partial charge in [0, 0.05) is 35.8 Å². The third-order valence-electron chi connectivity index (χ3n) is 4.61. The predicted octanol–water partition coefficient (Wildman–Crippen LogP) is 5.52. The Morgan fingerprint density at radius 2 is 1.76 bits per heavy atom. The molecule has 0 fully saturated rings. The average Bonchev–Trinajstić information content (AvgIpc) is 2.97. The van der Waals surface area contributed by atoms with E-state index in [1.165, 1.54) is 22.4 Å². The van der Waals surface area contributed by atoms with Crippen molar-refractivity contribution in [2.24, 2.45) is 0 Å². The molecule has 2 nitrogen and oxygen atoms in total. The van der Waals surface area contributed by atoms with Gasteiger partial charge in [-0.1, -0.05) is 42.5 Å². The summed E-state index contributed by atoms with van der Waals surface area (Å²) < 4.78 is 21.5. The number of aromatic nitrogens is 1. The first-order valence-electron chi connectivity index (χ1n) is 8.58. The molecule has 0 bridgehead atoms. The Kier molecular flexibility index (Phi) is 4.24. The van der Waals surface area contributed by atoms with Gasteiger partial charge in [-0.3, -0.25) is 0 Å². The SMILES string of the molecule is CCOCc1cn(Cc2cccc3ccccc23)c2ccc(F)cc12. The monoisotopic (exact) mass is 333 g/mol. The van der Waals surface area contributed by atoms with E-state index in [4.69, 9.17) is 4.74 Å². The molecule has 0 saturated carbocycles. The largest absolute Gasteiger partial charge is 0.377 e. The van der Waals surface area contributed by atoms with Crippen molar-refractivity contribution in [3.8, 4) is 0 Å². The number of nitrogens with zero attached hydrogens (tertiary/aromatic N) is 1. The fraction of sp³-hybridized carbons (Fsp3) is 0.182. The van der Waals surface area contributed by atoms with Crippen LogP contribution in [0.2, 0.25) is 0 Å². The number of fused-ring (bicyclic) bond motifs is 2. The van der Waals surface area contributed by atoms with Crippen molar-refractivity contribution < 1.29 is 9.13 Å². The minimum absolute atomic E-state index is 0.215. The summed E-state index contributed by atoms with van der Waals surface area (Å²) in [5.41, 5.74) is 3.31. The van der Waals surface area contributed by atoms with Crippen LogP contribution in [0.15, 0.2) is 66.9 Å². The van der Waals surface area contributed by atoms with Gasteiger partial charge in [-0.25, -0.2) is 4.39 Å². The Hall–Kier alpha value is -2.65. The highest BCUT2D eigenvalue weighted by atomic mass is 19.1. The van der Waals surface area contributed by atoms with E-state index in [0.717, 1.165) is 23.0 Å². The molecule has 0 unspecified atom stereocenters. The first-order valence-corrected chi connectivity index (χ1v) is 8.58. The Balaban J connectivity index is 1.81. The summed E-state index contributed by atoms with van der Waals surface area (Å²) in [6.07, 6.45) is 2.08. The van der Waals surface area contributed by atoms with Crippen LogP contribution >= 0.6 is 0 Å². The second-order valence-electron chi connectivity index (χ2n) is 6.22. The minimum atomic E-state index is -0.215. The number of hydrogen-bond acceptors (Lipinski definition) is 1. The van der Waals surface area contributed by atoms with E-state index in [9.17, 15) is 4.39 Å². The van der Waals surface area contributed by atoms with Crippen molar-refractivity contribution in [3.63, 3.8) is 0 Å². The van der Waals surface area contributed by atoms with Crippen molar-refractivity contribution >= 4 is 21.7 Å². The summed E-state index contributed by atoms with van der Waals surface area (Å²) >= 11 is 0. The molecule has 4 rings (SSSR count). The molecule has 3 aromatic carbocycles. The Labute approximate surface area is 146 Å². The second-order valence-corrected chi connectivity index (χ2v) is 6.22. The Morgan fingerprint density at radius 3 is 2.64 bits per heavy atom. The standard InChI is InChI=1S/C22H20FNO/c1-2-25-15-18-14-24(22-11-10-19(23)12-21(18)22)13-17-8-5-7-16-6-3-4-9-20(16)17/h3-12,14H,2,13,15H2,1H3. The van der Waals surface area contributed by atoms with E-state index in [1.807, 2.05) is 13.0 Å². The summed E-state index contributed by atoms with van der Waals surface area (Å²) in [6, 6.07) is 19.7. The van der Waals surface area contributed by atoms with Gasteiger partial charge in [-0.15, -0.1) is 0 Å². The van der Waals surface area contributed by atoms with Crippen molar-refractivity contribution in [1.29, 1.82) is 0 Å². The lowest BCUT2D eigenvalue weighted by Crippen LogP contribution is -1.99. The van der Waals surface area contributed by atoms with Crippen LogP contribution in [0.4, 0.5) is 4.39 Å². The topological polar surface area (TPSA) is 14.2 Å². The quantitative estimate of drug-likeness (QED) is 0.469. The average molecular weight is 333 g/mol. The zero-order valence-electron chi connectivity index (χ0n) is 14.2. The van der Waals surface area contributed by atoms with Gasteiger partial charge in [0.2, 0.25) is 0 Å². The van der Waals surface area contributed by atoms with Crippen LogP contribution in [0.5, 0.6) is 0 Å². The number of hydrogen-bond donors (Lipinski definition) is 0. The zero-order chi connectivity index (χ0) is 17.2. The summed E-state index contributed by atoms with van der Waals surface area (Å²) in [5, 5.41) is 3.41. The Morgan fingerprint density at radius 1 is 0.920 bits per heavy atom. The molecule has 0 radical (unpaired) electrons. The maximum absolute atomic E-state index is 13.7. The zero-order valence-corrected chi connectivity index (χ0v) is 14.2. The molecule has 25 heavy (non-hydrogen) atoms. The number of rotatable bonds is 5. The van der Waals surface area contributed by atoms with Gasteiger partial charge in [-0.05, 0) is 41.5 Å². The second kappa shape index (κ2) is 6.69. The predicted molar refractivity (Wildman–Crippen MR) is 100 cm³/mol. The maximum atomic E-state index is 13.7. The maximum Gasteiger partial charge on any atom is 0.123 e. The first kappa shape index (κ1) is 15.9. The van der Waals surface area contributed by atoms with Crippen molar-refractivity contribution in [2.75, 3.05) is 6.61 Å². The molecule has 0 aliphatic heterocycles. The molecule has 3 heteroatoms. The molecule has 0 saturated heterocycles. The summed E-state index contributed by atoms with van der Waals surface area (Å²) in [5.74, 6) is -0.215. The van der Waals surface area contributed by atoms with E-state index < -0.39 is 0 Å². The van der Waals surface area contributed by atoms with Gasteiger partial charge in [0.1, 0.15) is 5.82 Å². The van der Waals surface area contributed by atoms with Crippen LogP contribution in [0, 0.1) is 5.82 Å². The minimum Gasteiger partial charge on any atom is -0.377 e. The van der Waals surface area contributed by atoms with Gasteiger partial charge < -0.3 is 9.30 Å². The molecule has 0 spiro atoms. The molecular formula is C22H20FNO. The van der Waals surface area contributed by atoms with Gasteiger partial charge in [0.05, 0.1) is 6.61 Å². The first-order chi connectivity index (χ1) is 12.3. The molecule has 0 N–H and O–H groups in total. The van der Waals surface area contributed by atoms with Gasteiger partial charge in [0.15, 0.2) is 0 Å². The smallest absolute Gasteiger partial charge is 0.123 e. The van der Waals surface area contributed by atoms with E-state index >= 15 is 0 Å². The molecule has 4 aromatic rings. The third-order valence-corrected chi connectivity index (χ3v) is 4.61. The van der Waals surface area contributed by atoms with E-state index in [0.29, 0.717) is 13.2 Å². The number of halogens is 1. The summed E-state index contributed by atoms with van der Waals surface area (Å²) in [7, 11) is 0. The Bertz CT molecular complexity index is 1030. The molecular weight excluding hydrogens is 313 g/mol. The number of ether oxygens (including phenoxy) is 1. The van der Waals surface area contributed by atoms with Gasteiger partial charge in [0.25, 0.3) is 0 Å². The highest BCUT2D eigenvalue weighted by molar-refractivity contribution is 5.87. The normalized spacial score (nSPS) is 11.4. The molecule has 126 valence electrons. The van der Waals surface area contributed by atoms with Crippen LogP contribution in [-0.2, 0) is 17.9 Å². The van der Waals surface area contributed by atoms with Crippen LogP contribution in [0.1, 0.15) is 18.1 Å². The summed E-state index contributed by atoms with van der Waals surface area (Å²) in [6.45, 7) is 3.86. The fourth-order valence-electron chi connectivity index (χ4n) is 3.41. The van der Waals surface area contributed by atoms with Gasteiger partial charge in [-0.2, -0.15) is 0 Å². The fourth-order valence-corrected chi connectivity index (χ4v) is 3.41. The lowest BCUT2D eigenvalue weighted by Gasteiger charge is -2.09. The lowest BCUT2D eigenvalue weighted by atomic mass is 10.0. The third kappa shape index (κ3) is 3.03. The van der Waals surface area contributed by atoms with Crippen LogP contribution in [0.25, 0.3) is 21.7 Å². The van der Waals surface area contributed by atoms with Crippen LogP contribution in [0.3, 0.4) is 0 Å². The van der Waals surface area contributed by atoms with Crippen molar-refractivity contribution in [3.05, 3.63) is 83.8 Å². The highest BCUT2D eigenvalue weighted by Crippen LogP contribution is 2.26. The van der Waals surface area contributed by atoms with Crippen LogP contribution in [-0.4, -0.2) is 11.2 Å². The molecule has 0 aliphatic rings. The molecule has 1 aromatic heterocycles. The highest BCUT2D eigenvalue weighted by Gasteiger charge is 2.11. The van der Waals surface area contributed by atoms with Crippen LogP contribution < -0.4 is 0 Å². The van der Waals surface area contributed by atoms with E-state index in [2.05, 4.69) is 53.2 Å². The summed E-state index contributed by atoms with van der Waals surface area (Å²) in [4.78, 5) is 0. The molecule has 0 atom stereocenters. The number of benzene rings is 3. The van der Waals surface area contributed by atoms with Crippen molar-refractivity contribution in [1.82, 2.24) is 4.57 Å². The molecule has 0 aliphatic carbocycles. The van der Waals surface area contributed by atoms with E-state index in [-0.39, 0.29) is 5.82 Å². The molecule has 1 heterocycles. The lowest BCUT2D eigenvalue weighted by molar-refractivity contribution is 0.135. The molecule has 0 amide bonds. The van der Waals surface area contributed by atoms with Crippen molar-refractivity contribution in [2.45, 2.75) is 20.1 Å².